The minimum Gasteiger partial charge on any atom is -0.467 e. The van der Waals surface area contributed by atoms with Crippen molar-refractivity contribution in [2.75, 3.05) is 12.3 Å². The van der Waals surface area contributed by atoms with Crippen molar-refractivity contribution in [2.45, 2.75) is 38.9 Å². The normalized spacial score (nSPS) is 13.8. The number of nitrogen functional groups attached to an aromatic ring is 1. The topological polar surface area (TPSA) is 129 Å². The molecule has 0 fully saturated rings. The van der Waals surface area contributed by atoms with Gasteiger partial charge >= 0.3 is 6.18 Å². The van der Waals surface area contributed by atoms with Crippen molar-refractivity contribution < 1.29 is 27.4 Å². The van der Waals surface area contributed by atoms with Gasteiger partial charge in [0.2, 0.25) is 5.88 Å². The van der Waals surface area contributed by atoms with Gasteiger partial charge in [0, 0.05) is 35.0 Å². The quantitative estimate of drug-likeness (QED) is 0.383. The maximum absolute atomic E-state index is 13.9. The number of fused-ring (bicyclic) bond motifs is 3. The van der Waals surface area contributed by atoms with E-state index in [4.69, 9.17) is 10.5 Å². The molecule has 2 N–H and O–H groups in total. The molecule has 1 aliphatic heterocycles. The highest BCUT2D eigenvalue weighted by molar-refractivity contribution is 5.99. The first-order chi connectivity index (χ1) is 18.2. The van der Waals surface area contributed by atoms with Crippen LogP contribution < -0.4 is 10.5 Å². The number of nitrogens with zero attached hydrogens (tertiary/aromatic N) is 6. The molecule has 38 heavy (non-hydrogen) atoms. The third-order valence-corrected chi connectivity index (χ3v) is 6.07. The minimum absolute atomic E-state index is 0.00987. The number of hydrogen-bond acceptors (Lipinski definition) is 9. The Morgan fingerprint density at radius 1 is 1.13 bits per heavy atom. The van der Waals surface area contributed by atoms with Crippen molar-refractivity contribution in [1.82, 2.24) is 30.0 Å². The summed E-state index contributed by atoms with van der Waals surface area (Å²) in [5, 5.41) is 8.44. The highest BCUT2D eigenvalue weighted by atomic mass is 19.4. The van der Waals surface area contributed by atoms with Gasteiger partial charge in [-0.15, -0.1) is 5.10 Å². The Balaban J connectivity index is 1.46. The van der Waals surface area contributed by atoms with Crippen LogP contribution in [0.15, 0.2) is 48.8 Å². The first-order valence-corrected chi connectivity index (χ1v) is 11.6. The van der Waals surface area contributed by atoms with Gasteiger partial charge < -0.3 is 20.1 Å². The van der Waals surface area contributed by atoms with Crippen LogP contribution in [0.5, 0.6) is 5.88 Å². The van der Waals surface area contributed by atoms with Crippen LogP contribution in [0.3, 0.4) is 0 Å². The number of halogens is 3. The molecule has 1 aromatic carbocycles. The van der Waals surface area contributed by atoms with E-state index >= 15 is 0 Å². The summed E-state index contributed by atoms with van der Waals surface area (Å²) in [4.78, 5) is 28.4. The fraction of sp³-hybridized carbons (Fsp3) is 0.280. The molecule has 4 aromatic rings. The Labute approximate surface area is 214 Å². The minimum atomic E-state index is -4.50. The molecule has 3 aromatic heterocycles. The number of ether oxygens (including phenoxy) is 2. The van der Waals surface area contributed by atoms with Crippen molar-refractivity contribution in [3.05, 3.63) is 77.0 Å². The van der Waals surface area contributed by atoms with Crippen LogP contribution in [0.4, 0.5) is 19.0 Å². The number of alkyl halides is 3. The van der Waals surface area contributed by atoms with Crippen molar-refractivity contribution in [3.8, 4) is 5.88 Å². The van der Waals surface area contributed by atoms with Crippen LogP contribution in [0.2, 0.25) is 0 Å². The molecule has 1 aliphatic rings. The van der Waals surface area contributed by atoms with E-state index < -0.39 is 18.8 Å². The van der Waals surface area contributed by atoms with E-state index in [-0.39, 0.29) is 18.3 Å². The fourth-order valence-electron chi connectivity index (χ4n) is 4.16. The van der Waals surface area contributed by atoms with Crippen LogP contribution in [-0.2, 0) is 24.5 Å². The Hall–Kier alpha value is -4.39. The lowest BCUT2D eigenvalue weighted by atomic mass is 10.0. The lowest BCUT2D eigenvalue weighted by Gasteiger charge is -2.28. The van der Waals surface area contributed by atoms with Gasteiger partial charge in [0.15, 0.2) is 6.61 Å². The molecule has 13 heteroatoms. The number of anilines is 1. The molecule has 0 saturated carbocycles. The molecule has 0 saturated heterocycles. The number of amides is 1. The first kappa shape index (κ1) is 25.3. The molecular formula is C25H22F3N7O3. The second-order valence-electron chi connectivity index (χ2n) is 8.66. The number of benzene rings is 1. The van der Waals surface area contributed by atoms with Gasteiger partial charge in [0.25, 0.3) is 5.91 Å². The van der Waals surface area contributed by atoms with Gasteiger partial charge in [-0.2, -0.15) is 18.3 Å². The standard InChI is InChI=1S/C25H22F3N7O3/c1-14(23-30-7-2-8-31-23)35(10-16-4-6-21(34-33-16)38-13-25(26,27)28)24(36)15-3-5-20-17(9-15)18-11-37-12-19(18)22(29)32-20/h2-9,14H,10-13H2,1H3,(H2,29,32). The van der Waals surface area contributed by atoms with Gasteiger partial charge in [-0.1, -0.05) is 0 Å². The highest BCUT2D eigenvalue weighted by Crippen LogP contribution is 2.32. The molecule has 4 heterocycles. The molecule has 0 aliphatic carbocycles. The van der Waals surface area contributed by atoms with Crippen LogP contribution in [-0.4, -0.2) is 48.7 Å². The van der Waals surface area contributed by atoms with Gasteiger partial charge in [-0.3, -0.25) is 4.79 Å². The molecular weight excluding hydrogens is 503 g/mol. The third kappa shape index (κ3) is 5.32. The van der Waals surface area contributed by atoms with Gasteiger partial charge in [0.05, 0.1) is 37.0 Å². The number of nitrogens with two attached hydrogens (primary N) is 1. The number of pyridine rings is 1. The van der Waals surface area contributed by atoms with E-state index in [1.807, 2.05) is 0 Å². The number of hydrogen-bond donors (Lipinski definition) is 1. The Morgan fingerprint density at radius 2 is 1.89 bits per heavy atom. The first-order valence-electron chi connectivity index (χ1n) is 11.6. The molecule has 10 nitrogen and oxygen atoms in total. The molecule has 0 radical (unpaired) electrons. The predicted octanol–water partition coefficient (Wildman–Crippen LogP) is 3.77. The second-order valence-corrected chi connectivity index (χ2v) is 8.66. The zero-order valence-electron chi connectivity index (χ0n) is 20.1. The van der Waals surface area contributed by atoms with E-state index in [0.29, 0.717) is 41.6 Å². The smallest absolute Gasteiger partial charge is 0.422 e. The number of carbonyl (C=O) groups is 1. The summed E-state index contributed by atoms with van der Waals surface area (Å²) in [6.45, 7) is 1.01. The van der Waals surface area contributed by atoms with Crippen molar-refractivity contribution >= 4 is 22.6 Å². The molecule has 1 unspecified atom stereocenters. The molecule has 0 bridgehead atoms. The molecule has 5 rings (SSSR count). The summed E-state index contributed by atoms with van der Waals surface area (Å²) in [5.74, 6) is 0.196. The lowest BCUT2D eigenvalue weighted by molar-refractivity contribution is -0.154. The van der Waals surface area contributed by atoms with Crippen LogP contribution in [0.1, 0.15) is 46.0 Å². The van der Waals surface area contributed by atoms with Gasteiger partial charge in [0.1, 0.15) is 11.6 Å². The Morgan fingerprint density at radius 3 is 2.61 bits per heavy atom. The summed E-state index contributed by atoms with van der Waals surface area (Å²) < 4.78 is 47.5. The molecule has 1 amide bonds. The molecule has 0 spiro atoms. The molecule has 1 atom stereocenters. The predicted molar refractivity (Wildman–Crippen MR) is 129 cm³/mol. The lowest BCUT2D eigenvalue weighted by Crippen LogP contribution is -2.34. The summed E-state index contributed by atoms with van der Waals surface area (Å²) in [7, 11) is 0. The van der Waals surface area contributed by atoms with Crippen molar-refractivity contribution in [1.29, 1.82) is 0 Å². The summed E-state index contributed by atoms with van der Waals surface area (Å²) in [6.07, 6.45) is -1.35. The zero-order chi connectivity index (χ0) is 26.9. The summed E-state index contributed by atoms with van der Waals surface area (Å²) in [5.41, 5.74) is 9.15. The van der Waals surface area contributed by atoms with E-state index in [1.54, 1.807) is 43.6 Å². The van der Waals surface area contributed by atoms with Crippen molar-refractivity contribution in [3.63, 3.8) is 0 Å². The monoisotopic (exact) mass is 525 g/mol. The molecule has 196 valence electrons. The Kier molecular flexibility index (Phi) is 6.76. The highest BCUT2D eigenvalue weighted by Gasteiger charge is 2.29. The number of carbonyl (C=O) groups excluding carboxylic acids is 1. The van der Waals surface area contributed by atoms with E-state index in [9.17, 15) is 18.0 Å². The zero-order valence-corrected chi connectivity index (χ0v) is 20.1. The summed E-state index contributed by atoms with van der Waals surface area (Å²) in [6, 6.07) is 8.96. The summed E-state index contributed by atoms with van der Waals surface area (Å²) >= 11 is 0. The number of aromatic nitrogens is 5. The van der Waals surface area contributed by atoms with Crippen LogP contribution >= 0.6 is 0 Å². The largest absolute Gasteiger partial charge is 0.467 e. The third-order valence-electron chi connectivity index (χ3n) is 6.07. The van der Waals surface area contributed by atoms with Crippen LogP contribution in [0.25, 0.3) is 10.9 Å². The number of rotatable bonds is 7. The maximum atomic E-state index is 13.9. The Bertz CT molecular complexity index is 1470. The average molecular weight is 525 g/mol. The van der Waals surface area contributed by atoms with Gasteiger partial charge in [-0.05, 0) is 42.8 Å². The second kappa shape index (κ2) is 10.2. The van der Waals surface area contributed by atoms with Crippen molar-refractivity contribution in [2.24, 2.45) is 0 Å². The van der Waals surface area contributed by atoms with Crippen LogP contribution in [0, 0.1) is 0 Å². The SMILES string of the molecule is CC(c1ncccn1)N(Cc1ccc(OCC(F)(F)F)nn1)C(=O)c1ccc2nc(N)c3c(c2c1)COC3. The van der Waals surface area contributed by atoms with Gasteiger partial charge in [-0.25, -0.2) is 15.0 Å². The van der Waals surface area contributed by atoms with E-state index in [0.717, 1.165) is 16.5 Å². The average Bonchev–Trinajstić information content (AvgIpc) is 3.42. The fourth-order valence-corrected chi connectivity index (χ4v) is 4.16. The maximum Gasteiger partial charge on any atom is 0.422 e. The van der Waals surface area contributed by atoms with E-state index in [2.05, 4.69) is 29.9 Å². The van der Waals surface area contributed by atoms with E-state index in [1.165, 1.54) is 17.0 Å².